The van der Waals surface area contributed by atoms with Crippen LogP contribution in [0.3, 0.4) is 0 Å². The van der Waals surface area contributed by atoms with Crippen LogP contribution in [-0.4, -0.2) is 22.1 Å². The Bertz CT molecular complexity index is 424. The van der Waals surface area contributed by atoms with Crippen LogP contribution in [0.15, 0.2) is 30.6 Å². The topological polar surface area (TPSA) is 66.0 Å². The van der Waals surface area contributed by atoms with E-state index in [2.05, 4.69) is 10.3 Å². The van der Waals surface area contributed by atoms with Gasteiger partial charge in [0.1, 0.15) is 5.75 Å². The minimum atomic E-state index is 0.608. The number of nitrogen functional groups attached to an aromatic ring is 1. The summed E-state index contributed by atoms with van der Waals surface area (Å²) in [4.78, 5) is 0. The molecule has 0 fully saturated rings. The van der Waals surface area contributed by atoms with Crippen molar-refractivity contribution in [2.24, 2.45) is 0 Å². The Balaban J connectivity index is 2.46. The van der Waals surface area contributed by atoms with Crippen LogP contribution in [-0.2, 0) is 0 Å². The highest BCUT2D eigenvalue weighted by Gasteiger charge is 2.02. The molecule has 1 aromatic carbocycles. The van der Waals surface area contributed by atoms with Crippen LogP contribution in [0.5, 0.6) is 5.75 Å². The van der Waals surface area contributed by atoms with Gasteiger partial charge in [-0.15, -0.1) is 5.10 Å². The molecule has 0 aliphatic heterocycles. The van der Waals surface area contributed by atoms with Crippen LogP contribution in [0.2, 0.25) is 0 Å². The molecule has 5 nitrogen and oxygen atoms in total. The second-order valence-electron chi connectivity index (χ2n) is 2.77. The third-order valence-electron chi connectivity index (χ3n) is 1.90. The van der Waals surface area contributed by atoms with Crippen molar-refractivity contribution in [1.82, 2.24) is 15.0 Å². The smallest absolute Gasteiger partial charge is 0.143 e. The fourth-order valence-electron chi connectivity index (χ4n) is 1.19. The van der Waals surface area contributed by atoms with E-state index in [0.717, 1.165) is 5.69 Å². The van der Waals surface area contributed by atoms with Gasteiger partial charge < -0.3 is 10.5 Å². The van der Waals surface area contributed by atoms with Crippen molar-refractivity contribution < 1.29 is 4.74 Å². The molecule has 0 unspecified atom stereocenters. The first kappa shape index (κ1) is 8.55. The van der Waals surface area contributed by atoms with E-state index in [4.69, 9.17) is 10.5 Å². The second kappa shape index (κ2) is 3.37. The van der Waals surface area contributed by atoms with Gasteiger partial charge in [-0.2, -0.15) is 0 Å². The number of rotatable bonds is 2. The van der Waals surface area contributed by atoms with Crippen LogP contribution in [0.4, 0.5) is 5.69 Å². The Morgan fingerprint density at radius 1 is 1.43 bits per heavy atom. The van der Waals surface area contributed by atoms with E-state index >= 15 is 0 Å². The van der Waals surface area contributed by atoms with Crippen LogP contribution in [0, 0.1) is 0 Å². The Hall–Kier alpha value is -2.04. The van der Waals surface area contributed by atoms with Crippen LogP contribution in [0.25, 0.3) is 5.69 Å². The van der Waals surface area contributed by atoms with Gasteiger partial charge in [-0.1, -0.05) is 5.21 Å². The number of hydrogen-bond acceptors (Lipinski definition) is 4. The number of methoxy groups -OCH3 is 1. The maximum Gasteiger partial charge on any atom is 0.143 e. The summed E-state index contributed by atoms with van der Waals surface area (Å²) in [6.45, 7) is 0. The molecule has 2 aromatic rings. The van der Waals surface area contributed by atoms with E-state index in [-0.39, 0.29) is 0 Å². The Kier molecular flexibility index (Phi) is 2.06. The zero-order chi connectivity index (χ0) is 9.97. The molecule has 0 saturated heterocycles. The molecule has 0 aliphatic carbocycles. The van der Waals surface area contributed by atoms with Gasteiger partial charge in [0.25, 0.3) is 0 Å². The van der Waals surface area contributed by atoms with E-state index in [1.165, 1.54) is 0 Å². The number of hydrogen-bond donors (Lipinski definition) is 1. The average Bonchev–Trinajstić information content (AvgIpc) is 2.71. The maximum absolute atomic E-state index is 5.68. The van der Waals surface area contributed by atoms with E-state index in [9.17, 15) is 0 Å². The lowest BCUT2D eigenvalue weighted by Gasteiger charge is -2.06. The van der Waals surface area contributed by atoms with Crippen molar-refractivity contribution in [2.45, 2.75) is 0 Å². The average molecular weight is 190 g/mol. The third kappa shape index (κ3) is 1.39. The van der Waals surface area contributed by atoms with Crippen LogP contribution < -0.4 is 10.5 Å². The highest BCUT2D eigenvalue weighted by atomic mass is 16.5. The molecule has 0 radical (unpaired) electrons. The Morgan fingerprint density at radius 3 is 2.93 bits per heavy atom. The van der Waals surface area contributed by atoms with Crippen molar-refractivity contribution in [3.05, 3.63) is 30.6 Å². The predicted molar refractivity (Wildman–Crippen MR) is 52.3 cm³/mol. The maximum atomic E-state index is 5.68. The molecule has 14 heavy (non-hydrogen) atoms. The third-order valence-corrected chi connectivity index (χ3v) is 1.90. The molecule has 0 bridgehead atoms. The van der Waals surface area contributed by atoms with Crippen molar-refractivity contribution in [2.75, 3.05) is 12.8 Å². The zero-order valence-electron chi connectivity index (χ0n) is 7.71. The van der Waals surface area contributed by atoms with Crippen LogP contribution >= 0.6 is 0 Å². The van der Waals surface area contributed by atoms with Gasteiger partial charge in [-0.05, 0) is 12.1 Å². The molecule has 2 rings (SSSR count). The summed E-state index contributed by atoms with van der Waals surface area (Å²) in [6.07, 6.45) is 3.37. The quantitative estimate of drug-likeness (QED) is 0.713. The van der Waals surface area contributed by atoms with Gasteiger partial charge in [-0.25, -0.2) is 4.68 Å². The molecule has 0 amide bonds. The van der Waals surface area contributed by atoms with Crippen molar-refractivity contribution in [3.8, 4) is 11.4 Å². The van der Waals surface area contributed by atoms with Crippen LogP contribution in [0.1, 0.15) is 0 Å². The monoisotopic (exact) mass is 190 g/mol. The Labute approximate surface area is 81.1 Å². The van der Waals surface area contributed by atoms with Gasteiger partial charge in [0.2, 0.25) is 0 Å². The van der Waals surface area contributed by atoms with Gasteiger partial charge in [0, 0.05) is 6.07 Å². The summed E-state index contributed by atoms with van der Waals surface area (Å²) in [5.74, 6) is 0.637. The fraction of sp³-hybridized carbons (Fsp3) is 0.111. The number of benzene rings is 1. The lowest BCUT2D eigenvalue weighted by atomic mass is 10.2. The SMILES string of the molecule is COc1cc(-n2ccnn2)ccc1N. The summed E-state index contributed by atoms with van der Waals surface area (Å²) < 4.78 is 6.74. The summed E-state index contributed by atoms with van der Waals surface area (Å²) in [5.41, 5.74) is 7.16. The molecule has 72 valence electrons. The van der Waals surface area contributed by atoms with E-state index in [1.807, 2.05) is 12.1 Å². The molecular weight excluding hydrogens is 180 g/mol. The standard InChI is InChI=1S/C9H10N4O/c1-14-9-6-7(2-3-8(9)10)13-5-4-11-12-13/h2-6H,10H2,1H3. The first-order valence-corrected chi connectivity index (χ1v) is 4.11. The summed E-state index contributed by atoms with van der Waals surface area (Å²) in [6, 6.07) is 5.44. The van der Waals surface area contributed by atoms with E-state index in [0.29, 0.717) is 11.4 Å². The summed E-state index contributed by atoms with van der Waals surface area (Å²) in [5, 5.41) is 7.58. The minimum absolute atomic E-state index is 0.608. The van der Waals surface area contributed by atoms with Crippen molar-refractivity contribution >= 4 is 5.69 Å². The van der Waals surface area contributed by atoms with Gasteiger partial charge >= 0.3 is 0 Å². The molecule has 0 spiro atoms. The van der Waals surface area contributed by atoms with E-state index in [1.54, 1.807) is 30.3 Å². The lowest BCUT2D eigenvalue weighted by molar-refractivity contribution is 0.416. The van der Waals surface area contributed by atoms with Gasteiger partial charge in [-0.3, -0.25) is 0 Å². The minimum Gasteiger partial charge on any atom is -0.495 e. The largest absolute Gasteiger partial charge is 0.495 e. The molecular formula is C9H10N4O. The second-order valence-corrected chi connectivity index (χ2v) is 2.77. The fourth-order valence-corrected chi connectivity index (χ4v) is 1.19. The number of nitrogens with two attached hydrogens (primary N) is 1. The van der Waals surface area contributed by atoms with Gasteiger partial charge in [0.05, 0.1) is 30.9 Å². The normalized spacial score (nSPS) is 10.1. The Morgan fingerprint density at radius 2 is 2.29 bits per heavy atom. The first-order chi connectivity index (χ1) is 6.81. The molecule has 2 N–H and O–H groups in total. The number of nitrogens with zero attached hydrogens (tertiary/aromatic N) is 3. The molecule has 1 heterocycles. The predicted octanol–water partition coefficient (Wildman–Crippen LogP) is 0.858. The number of aromatic nitrogens is 3. The summed E-state index contributed by atoms with van der Waals surface area (Å²) >= 11 is 0. The number of anilines is 1. The molecule has 1 aromatic heterocycles. The van der Waals surface area contributed by atoms with Crippen molar-refractivity contribution in [3.63, 3.8) is 0 Å². The molecule has 0 aliphatic rings. The lowest BCUT2D eigenvalue weighted by Crippen LogP contribution is -1.98. The first-order valence-electron chi connectivity index (χ1n) is 4.11. The van der Waals surface area contributed by atoms with E-state index < -0.39 is 0 Å². The molecule has 0 saturated carbocycles. The highest BCUT2D eigenvalue weighted by Crippen LogP contribution is 2.23. The van der Waals surface area contributed by atoms with Gasteiger partial charge in [0.15, 0.2) is 0 Å². The molecule has 5 heteroatoms. The van der Waals surface area contributed by atoms with Crippen molar-refractivity contribution in [1.29, 1.82) is 0 Å². The highest BCUT2D eigenvalue weighted by molar-refractivity contribution is 5.57. The number of ether oxygens (including phenoxy) is 1. The zero-order valence-corrected chi connectivity index (χ0v) is 7.71. The summed E-state index contributed by atoms with van der Waals surface area (Å²) in [7, 11) is 1.58. The molecule has 0 atom stereocenters.